The molecular weight excluding hydrogens is 475 g/mol. The third-order valence-corrected chi connectivity index (χ3v) is 4.98. The van der Waals surface area contributed by atoms with Gasteiger partial charge in [0.15, 0.2) is 5.96 Å². The highest BCUT2D eigenvalue weighted by molar-refractivity contribution is 14.0. The molecule has 1 fully saturated rings. The molecule has 1 aromatic rings. The fourth-order valence-corrected chi connectivity index (χ4v) is 3.58. The molecule has 2 heterocycles. The quantitative estimate of drug-likeness (QED) is 0.383. The van der Waals surface area contributed by atoms with E-state index in [4.69, 9.17) is 21.3 Å². The van der Waals surface area contributed by atoms with Crippen molar-refractivity contribution < 1.29 is 9.53 Å². The molecule has 9 heteroatoms. The van der Waals surface area contributed by atoms with Crippen molar-refractivity contribution in [3.63, 3.8) is 0 Å². The van der Waals surface area contributed by atoms with Gasteiger partial charge in [0.2, 0.25) is 0 Å². The Hall–Kier alpha value is -0.740. The standard InChI is InChI=1S/C16H25ClN4O2S.HI/c1-3-18-15(19-8-7-13-5-6-14(17)24-13)20-9-11-21(12-10-20)16(22)23-4-2;/h5-6H,3-4,7-12H2,1-2H3,(H,18,19);1H. The fourth-order valence-electron chi connectivity index (χ4n) is 2.50. The van der Waals surface area contributed by atoms with Crippen LogP contribution in [0.1, 0.15) is 18.7 Å². The summed E-state index contributed by atoms with van der Waals surface area (Å²) in [5, 5.41) is 3.33. The van der Waals surface area contributed by atoms with Crippen molar-refractivity contribution in [1.29, 1.82) is 0 Å². The van der Waals surface area contributed by atoms with E-state index in [0.717, 1.165) is 42.9 Å². The number of nitrogens with one attached hydrogen (secondary N) is 1. The Bertz CT molecular complexity index is 562. The van der Waals surface area contributed by atoms with Gasteiger partial charge in [-0.2, -0.15) is 0 Å². The van der Waals surface area contributed by atoms with Crippen molar-refractivity contribution in [3.05, 3.63) is 21.3 Å². The zero-order chi connectivity index (χ0) is 17.4. The van der Waals surface area contributed by atoms with Crippen LogP contribution in [0.3, 0.4) is 0 Å². The Morgan fingerprint density at radius 2 is 1.96 bits per heavy atom. The van der Waals surface area contributed by atoms with Crippen LogP contribution in [0, 0.1) is 0 Å². The lowest BCUT2D eigenvalue weighted by Gasteiger charge is -2.35. The van der Waals surface area contributed by atoms with Crippen LogP contribution in [0.25, 0.3) is 0 Å². The van der Waals surface area contributed by atoms with Gasteiger partial charge in [-0.25, -0.2) is 4.79 Å². The highest BCUT2D eigenvalue weighted by atomic mass is 127. The number of rotatable bonds is 5. The smallest absolute Gasteiger partial charge is 0.409 e. The Balaban J connectivity index is 0.00000312. The first-order valence-electron chi connectivity index (χ1n) is 8.33. The van der Waals surface area contributed by atoms with E-state index in [0.29, 0.717) is 19.7 Å². The number of carbonyl (C=O) groups excluding carboxylic acids is 1. The fraction of sp³-hybridized carbons (Fsp3) is 0.625. The maximum atomic E-state index is 11.8. The van der Waals surface area contributed by atoms with E-state index in [1.165, 1.54) is 4.88 Å². The van der Waals surface area contributed by atoms with Crippen LogP contribution < -0.4 is 5.32 Å². The van der Waals surface area contributed by atoms with E-state index >= 15 is 0 Å². The van der Waals surface area contributed by atoms with Crippen LogP contribution in [0.15, 0.2) is 17.1 Å². The first-order valence-corrected chi connectivity index (χ1v) is 9.52. The lowest BCUT2D eigenvalue weighted by atomic mass is 10.3. The van der Waals surface area contributed by atoms with Crippen molar-refractivity contribution in [2.75, 3.05) is 45.9 Å². The van der Waals surface area contributed by atoms with Gasteiger partial charge >= 0.3 is 6.09 Å². The minimum absolute atomic E-state index is 0. The van der Waals surface area contributed by atoms with Crippen LogP contribution in [-0.2, 0) is 11.2 Å². The SMILES string of the molecule is CCNC(=NCCc1ccc(Cl)s1)N1CCN(C(=O)OCC)CC1.I. The number of aliphatic imine (C=N–C) groups is 1. The first kappa shape index (κ1) is 22.3. The van der Waals surface area contributed by atoms with E-state index in [2.05, 4.69) is 17.1 Å². The van der Waals surface area contributed by atoms with Crippen molar-refractivity contribution in [2.45, 2.75) is 20.3 Å². The van der Waals surface area contributed by atoms with Gasteiger partial charge in [-0.3, -0.25) is 4.99 Å². The molecule has 0 saturated carbocycles. The topological polar surface area (TPSA) is 57.2 Å². The molecule has 1 aliphatic rings. The maximum absolute atomic E-state index is 11.8. The number of guanidine groups is 1. The minimum atomic E-state index is -0.228. The van der Waals surface area contributed by atoms with E-state index in [9.17, 15) is 4.79 Å². The summed E-state index contributed by atoms with van der Waals surface area (Å²) in [6.07, 6.45) is 0.656. The molecule has 0 atom stereocenters. The average molecular weight is 501 g/mol. The van der Waals surface area contributed by atoms with Crippen LogP contribution in [-0.4, -0.2) is 67.7 Å². The molecular formula is C16H26ClIN4O2S. The summed E-state index contributed by atoms with van der Waals surface area (Å²) in [6, 6.07) is 3.97. The highest BCUT2D eigenvalue weighted by Gasteiger charge is 2.23. The second-order valence-corrected chi connectivity index (χ2v) is 7.16. The van der Waals surface area contributed by atoms with Gasteiger partial charge in [0.1, 0.15) is 0 Å². The largest absolute Gasteiger partial charge is 0.450 e. The number of nitrogens with zero attached hydrogens (tertiary/aromatic N) is 3. The summed E-state index contributed by atoms with van der Waals surface area (Å²) in [6.45, 7) is 8.67. The van der Waals surface area contributed by atoms with E-state index in [1.807, 2.05) is 19.1 Å². The van der Waals surface area contributed by atoms with Gasteiger partial charge < -0.3 is 19.9 Å². The molecule has 1 aromatic heterocycles. The summed E-state index contributed by atoms with van der Waals surface area (Å²) in [5.41, 5.74) is 0. The van der Waals surface area contributed by atoms with Crippen molar-refractivity contribution >= 4 is 59.0 Å². The molecule has 6 nitrogen and oxygen atoms in total. The molecule has 142 valence electrons. The van der Waals surface area contributed by atoms with Crippen molar-refractivity contribution in [3.8, 4) is 0 Å². The lowest BCUT2D eigenvalue weighted by molar-refractivity contribution is 0.0914. The summed E-state index contributed by atoms with van der Waals surface area (Å²) < 4.78 is 5.87. The van der Waals surface area contributed by atoms with Gasteiger partial charge in [-0.15, -0.1) is 35.3 Å². The van der Waals surface area contributed by atoms with E-state index < -0.39 is 0 Å². The molecule has 1 amide bonds. The molecule has 0 bridgehead atoms. The molecule has 1 saturated heterocycles. The van der Waals surface area contributed by atoms with Crippen LogP contribution in [0.2, 0.25) is 4.34 Å². The van der Waals surface area contributed by atoms with Gasteiger partial charge in [-0.05, 0) is 26.0 Å². The lowest BCUT2D eigenvalue weighted by Crippen LogP contribution is -2.54. The zero-order valence-electron chi connectivity index (χ0n) is 14.7. The Kier molecular flexibility index (Phi) is 10.5. The van der Waals surface area contributed by atoms with Gasteiger partial charge in [0.05, 0.1) is 10.9 Å². The van der Waals surface area contributed by atoms with Gasteiger partial charge in [0, 0.05) is 50.6 Å². The second kappa shape index (κ2) is 11.8. The molecule has 1 N–H and O–H groups in total. The number of amides is 1. The third kappa shape index (κ3) is 7.18. The van der Waals surface area contributed by atoms with E-state index in [1.54, 1.807) is 16.2 Å². The molecule has 1 aliphatic heterocycles. The molecule has 2 rings (SSSR count). The monoisotopic (exact) mass is 500 g/mol. The van der Waals surface area contributed by atoms with E-state index in [-0.39, 0.29) is 30.1 Å². The Morgan fingerprint density at radius 3 is 2.52 bits per heavy atom. The number of halogens is 2. The van der Waals surface area contributed by atoms with Crippen molar-refractivity contribution in [2.24, 2.45) is 4.99 Å². The molecule has 0 unspecified atom stereocenters. The predicted molar refractivity (Wildman–Crippen MR) is 115 cm³/mol. The average Bonchev–Trinajstić information content (AvgIpc) is 3.00. The Morgan fingerprint density at radius 1 is 1.28 bits per heavy atom. The predicted octanol–water partition coefficient (Wildman–Crippen LogP) is 3.30. The normalized spacial score (nSPS) is 14.9. The van der Waals surface area contributed by atoms with Crippen LogP contribution in [0.4, 0.5) is 4.79 Å². The Labute approximate surface area is 175 Å². The molecule has 0 spiro atoms. The molecule has 0 aliphatic carbocycles. The third-order valence-electron chi connectivity index (χ3n) is 3.69. The van der Waals surface area contributed by atoms with Gasteiger partial charge in [-0.1, -0.05) is 11.6 Å². The number of hydrogen-bond acceptors (Lipinski definition) is 4. The summed E-state index contributed by atoms with van der Waals surface area (Å²) in [7, 11) is 0. The number of ether oxygens (including phenoxy) is 1. The zero-order valence-corrected chi connectivity index (χ0v) is 18.6. The molecule has 0 radical (unpaired) electrons. The summed E-state index contributed by atoms with van der Waals surface area (Å²) in [5.74, 6) is 0.906. The second-order valence-electron chi connectivity index (χ2n) is 5.36. The number of piperazine rings is 1. The number of hydrogen-bond donors (Lipinski definition) is 1. The van der Waals surface area contributed by atoms with Crippen LogP contribution >= 0.6 is 46.9 Å². The molecule has 0 aromatic carbocycles. The summed E-state index contributed by atoms with van der Waals surface area (Å²) in [4.78, 5) is 21.7. The number of carbonyl (C=O) groups is 1. The minimum Gasteiger partial charge on any atom is -0.450 e. The highest BCUT2D eigenvalue weighted by Crippen LogP contribution is 2.21. The molecule has 25 heavy (non-hydrogen) atoms. The summed E-state index contributed by atoms with van der Waals surface area (Å²) >= 11 is 7.56. The van der Waals surface area contributed by atoms with Crippen LogP contribution in [0.5, 0.6) is 0 Å². The van der Waals surface area contributed by atoms with Gasteiger partial charge in [0.25, 0.3) is 0 Å². The van der Waals surface area contributed by atoms with Crippen molar-refractivity contribution in [1.82, 2.24) is 15.1 Å². The number of thiophene rings is 1. The maximum Gasteiger partial charge on any atom is 0.409 e. The first-order chi connectivity index (χ1) is 11.6.